The average Bonchev–Trinajstić information content (AvgIpc) is 3.10. The number of nitrogens with one attached hydrogen (secondary N) is 1. The van der Waals surface area contributed by atoms with E-state index in [0.29, 0.717) is 12.8 Å². The van der Waals surface area contributed by atoms with E-state index in [1.807, 2.05) is 0 Å². The summed E-state index contributed by atoms with van der Waals surface area (Å²) in [5, 5.41) is 9.15. The smallest absolute Gasteiger partial charge is 0.335 e. The summed E-state index contributed by atoms with van der Waals surface area (Å²) in [4.78, 5) is 23.7. The number of carbonyl (C=O) groups excluding carboxylic acids is 1. The van der Waals surface area contributed by atoms with E-state index in [9.17, 15) is 18.0 Å². The van der Waals surface area contributed by atoms with Gasteiger partial charge in [-0.25, -0.2) is 17.9 Å². The largest absolute Gasteiger partial charge is 0.490 e. The molecule has 2 N–H and O–H groups in total. The molecule has 0 spiro atoms. The Balaban J connectivity index is 1.88. The molecule has 2 aliphatic rings. The predicted molar refractivity (Wildman–Crippen MR) is 90.3 cm³/mol. The molecule has 8 heteroatoms. The number of carboxylic acid groups (broad SMARTS) is 1. The lowest BCUT2D eigenvalue weighted by Crippen LogP contribution is -2.38. The summed E-state index contributed by atoms with van der Waals surface area (Å²) >= 11 is 0. The molecule has 1 amide bonds. The summed E-state index contributed by atoms with van der Waals surface area (Å²) < 4.78 is 31.5. The molecule has 0 aliphatic heterocycles. The molecule has 0 aromatic heterocycles. The maximum absolute atomic E-state index is 12.5. The molecule has 1 aromatic rings. The summed E-state index contributed by atoms with van der Waals surface area (Å²) in [5.41, 5.74) is 0.0197. The Labute approximate surface area is 146 Å². The molecule has 1 aromatic carbocycles. The van der Waals surface area contributed by atoms with Gasteiger partial charge in [-0.15, -0.1) is 0 Å². The first-order chi connectivity index (χ1) is 11.7. The number of ether oxygens (including phenoxy) is 1. The lowest BCUT2D eigenvalue weighted by Gasteiger charge is -2.18. The number of amides is 1. The van der Waals surface area contributed by atoms with Crippen LogP contribution in [0, 0.1) is 0 Å². The Morgan fingerprint density at radius 3 is 2.44 bits per heavy atom. The van der Waals surface area contributed by atoms with Gasteiger partial charge in [-0.3, -0.25) is 4.79 Å². The normalized spacial score (nSPS) is 19.4. The second kappa shape index (κ2) is 6.33. The molecule has 0 unspecified atom stereocenters. The third-order valence-corrected chi connectivity index (χ3v) is 7.06. The number of carbonyl (C=O) groups is 2. The highest BCUT2D eigenvalue weighted by Gasteiger charge is 2.51. The number of hydrogen-bond donors (Lipinski definition) is 2. The van der Waals surface area contributed by atoms with Crippen LogP contribution < -0.4 is 9.46 Å². The molecule has 2 fully saturated rings. The minimum absolute atomic E-state index is 0.0124. The zero-order chi connectivity index (χ0) is 18.2. The lowest BCUT2D eigenvalue weighted by atomic mass is 10.1. The highest BCUT2D eigenvalue weighted by Crippen LogP contribution is 2.42. The first kappa shape index (κ1) is 17.7. The second-order valence-corrected chi connectivity index (χ2v) is 9.12. The van der Waals surface area contributed by atoms with Gasteiger partial charge in [0.25, 0.3) is 5.91 Å². The molecule has 2 aliphatic carbocycles. The minimum Gasteiger partial charge on any atom is -0.490 e. The highest BCUT2D eigenvalue weighted by molar-refractivity contribution is 7.91. The van der Waals surface area contributed by atoms with Gasteiger partial charge < -0.3 is 9.84 Å². The predicted octanol–water partition coefficient (Wildman–Crippen LogP) is 2.32. The van der Waals surface area contributed by atoms with E-state index in [2.05, 4.69) is 4.72 Å². The van der Waals surface area contributed by atoms with Crippen LogP contribution in [0.1, 0.15) is 66.2 Å². The van der Waals surface area contributed by atoms with Crippen molar-refractivity contribution >= 4 is 21.9 Å². The van der Waals surface area contributed by atoms with Crippen LogP contribution in [0.3, 0.4) is 0 Å². The fourth-order valence-electron chi connectivity index (χ4n) is 2.87. The van der Waals surface area contributed by atoms with Gasteiger partial charge in [-0.05, 0) is 63.6 Å². The van der Waals surface area contributed by atoms with E-state index < -0.39 is 26.6 Å². The van der Waals surface area contributed by atoms with Gasteiger partial charge in [0.2, 0.25) is 10.0 Å². The monoisotopic (exact) mass is 367 g/mol. The van der Waals surface area contributed by atoms with Crippen LogP contribution in [0.4, 0.5) is 0 Å². The summed E-state index contributed by atoms with van der Waals surface area (Å²) in [5.74, 6) is -1.82. The van der Waals surface area contributed by atoms with Crippen molar-refractivity contribution in [1.29, 1.82) is 0 Å². The summed E-state index contributed by atoms with van der Waals surface area (Å²) in [7, 11) is -3.78. The van der Waals surface area contributed by atoms with Crippen molar-refractivity contribution in [2.75, 3.05) is 0 Å². The maximum atomic E-state index is 12.5. The van der Waals surface area contributed by atoms with Crippen LogP contribution in [0.2, 0.25) is 0 Å². The molecule has 2 saturated carbocycles. The van der Waals surface area contributed by atoms with Crippen molar-refractivity contribution in [2.24, 2.45) is 0 Å². The molecule has 136 valence electrons. The third kappa shape index (κ3) is 3.63. The molecule has 0 bridgehead atoms. The van der Waals surface area contributed by atoms with Gasteiger partial charge in [0.05, 0.1) is 22.0 Å². The SMILES string of the molecule is CC1(S(=O)(=O)NC(=O)c2ccc(C(=O)O)cc2OC2CCCC2)CC1. The number of hydrogen-bond acceptors (Lipinski definition) is 5. The zero-order valence-electron chi connectivity index (χ0n) is 13.9. The van der Waals surface area contributed by atoms with Gasteiger partial charge in [0.1, 0.15) is 5.75 Å². The molecule has 0 heterocycles. The van der Waals surface area contributed by atoms with E-state index in [1.54, 1.807) is 6.92 Å². The Morgan fingerprint density at radius 1 is 1.24 bits per heavy atom. The van der Waals surface area contributed by atoms with E-state index in [0.717, 1.165) is 25.7 Å². The molecule has 3 rings (SSSR count). The number of carboxylic acids is 1. The van der Waals surface area contributed by atoms with E-state index in [1.165, 1.54) is 18.2 Å². The molecule has 0 atom stereocenters. The third-order valence-electron chi connectivity index (χ3n) is 4.90. The van der Waals surface area contributed by atoms with E-state index >= 15 is 0 Å². The topological polar surface area (TPSA) is 110 Å². The lowest BCUT2D eigenvalue weighted by molar-refractivity contribution is 0.0695. The first-order valence-corrected chi connectivity index (χ1v) is 9.81. The highest BCUT2D eigenvalue weighted by atomic mass is 32.2. The summed E-state index contributed by atoms with van der Waals surface area (Å²) in [6, 6.07) is 3.85. The molecule has 7 nitrogen and oxygen atoms in total. The van der Waals surface area contributed by atoms with Gasteiger partial charge >= 0.3 is 5.97 Å². The Kier molecular flexibility index (Phi) is 4.49. The quantitative estimate of drug-likeness (QED) is 0.798. The van der Waals surface area contributed by atoms with Crippen LogP contribution >= 0.6 is 0 Å². The Hall–Kier alpha value is -2.09. The van der Waals surface area contributed by atoms with E-state index in [4.69, 9.17) is 9.84 Å². The fourth-order valence-corrected chi connectivity index (χ4v) is 4.11. The van der Waals surface area contributed by atoms with Crippen LogP contribution in [0.15, 0.2) is 18.2 Å². The van der Waals surface area contributed by atoms with Crippen LogP contribution in [-0.4, -0.2) is 36.3 Å². The Morgan fingerprint density at radius 2 is 1.88 bits per heavy atom. The Bertz CT molecular complexity index is 806. The molecule has 0 radical (unpaired) electrons. The van der Waals surface area contributed by atoms with Crippen molar-refractivity contribution in [3.8, 4) is 5.75 Å². The van der Waals surface area contributed by atoms with E-state index in [-0.39, 0.29) is 23.0 Å². The van der Waals surface area contributed by atoms with Crippen molar-refractivity contribution < 1.29 is 27.9 Å². The van der Waals surface area contributed by atoms with Crippen molar-refractivity contribution in [3.05, 3.63) is 29.3 Å². The molecular weight excluding hydrogens is 346 g/mol. The minimum atomic E-state index is -3.78. The number of sulfonamides is 1. The van der Waals surface area contributed by atoms with Gasteiger partial charge in [0.15, 0.2) is 0 Å². The number of benzene rings is 1. The van der Waals surface area contributed by atoms with Gasteiger partial charge in [0, 0.05) is 0 Å². The first-order valence-electron chi connectivity index (χ1n) is 8.32. The maximum Gasteiger partial charge on any atom is 0.335 e. The van der Waals surface area contributed by atoms with Gasteiger partial charge in [-0.1, -0.05) is 0 Å². The standard InChI is InChI=1S/C17H21NO6S/c1-17(8-9-17)25(22,23)18-15(19)13-7-6-11(16(20)21)10-14(13)24-12-4-2-3-5-12/h6-7,10,12H,2-5,8-9H2,1H3,(H,18,19)(H,20,21). The van der Waals surface area contributed by atoms with Crippen LogP contribution in [-0.2, 0) is 10.0 Å². The molecule has 0 saturated heterocycles. The van der Waals surface area contributed by atoms with Gasteiger partial charge in [-0.2, -0.15) is 0 Å². The fraction of sp³-hybridized carbons (Fsp3) is 0.529. The zero-order valence-corrected chi connectivity index (χ0v) is 14.8. The summed E-state index contributed by atoms with van der Waals surface area (Å²) in [6.07, 6.45) is 4.62. The average molecular weight is 367 g/mol. The number of rotatable bonds is 6. The van der Waals surface area contributed by atoms with Crippen molar-refractivity contribution in [3.63, 3.8) is 0 Å². The molecular formula is C17H21NO6S. The second-order valence-electron chi connectivity index (χ2n) is 6.92. The van der Waals surface area contributed by atoms with Crippen LogP contribution in [0.5, 0.6) is 5.75 Å². The van der Waals surface area contributed by atoms with Crippen molar-refractivity contribution in [2.45, 2.75) is 56.3 Å². The molecule has 25 heavy (non-hydrogen) atoms. The van der Waals surface area contributed by atoms with Crippen molar-refractivity contribution in [1.82, 2.24) is 4.72 Å². The number of aromatic carboxylic acids is 1. The summed E-state index contributed by atoms with van der Waals surface area (Å²) in [6.45, 7) is 1.59. The van der Waals surface area contributed by atoms with Crippen LogP contribution in [0.25, 0.3) is 0 Å².